The summed E-state index contributed by atoms with van der Waals surface area (Å²) in [4.78, 5) is 23.6. The number of piperazine rings is 1. The van der Waals surface area contributed by atoms with Crippen LogP contribution in [0, 0.1) is 0 Å². The number of carbonyl (C=O) groups excluding carboxylic acids is 1. The molecule has 5 nitrogen and oxygen atoms in total. The molecule has 14 heavy (non-hydrogen) atoms. The molecule has 0 aromatic rings. The van der Waals surface area contributed by atoms with Crippen molar-refractivity contribution in [3.63, 3.8) is 0 Å². The second-order valence-electron chi connectivity index (χ2n) is 3.53. The van der Waals surface area contributed by atoms with Crippen molar-refractivity contribution in [2.45, 2.75) is 25.8 Å². The van der Waals surface area contributed by atoms with E-state index in [1.54, 1.807) is 0 Å². The van der Waals surface area contributed by atoms with Gasteiger partial charge in [0.25, 0.3) is 0 Å². The molecule has 0 saturated carbocycles. The lowest BCUT2D eigenvalue weighted by atomic mass is 10.1. The van der Waals surface area contributed by atoms with E-state index in [2.05, 4.69) is 5.32 Å². The molecule has 0 bridgehead atoms. The molecule has 0 aliphatic carbocycles. The average molecular weight is 200 g/mol. The Hall–Kier alpha value is -1.10. The predicted molar refractivity (Wildman–Crippen MR) is 50.9 cm³/mol. The van der Waals surface area contributed by atoms with Crippen molar-refractivity contribution in [3.05, 3.63) is 0 Å². The van der Waals surface area contributed by atoms with Crippen molar-refractivity contribution >= 4 is 11.9 Å². The number of carboxylic acid groups (broad SMARTS) is 1. The Morgan fingerprint density at radius 1 is 1.71 bits per heavy atom. The number of carbonyl (C=O) groups is 2. The van der Waals surface area contributed by atoms with E-state index < -0.39 is 5.97 Å². The molecule has 2 N–H and O–H groups in total. The number of carboxylic acids is 1. The first-order valence-corrected chi connectivity index (χ1v) is 4.86. The molecule has 0 aromatic carbocycles. The standard InChI is InChI=1S/C9H16N2O3/c1-2-3-11-6-8(12)10-5-7(11)4-9(13)14/h7H,2-6H2,1H3,(H,10,12)(H,13,14). The van der Waals surface area contributed by atoms with E-state index in [0.29, 0.717) is 13.1 Å². The molecular formula is C9H16N2O3. The predicted octanol–water partition coefficient (Wildman–Crippen LogP) is -0.328. The molecule has 1 aliphatic rings. The lowest BCUT2D eigenvalue weighted by Gasteiger charge is -2.34. The highest BCUT2D eigenvalue weighted by molar-refractivity contribution is 5.79. The van der Waals surface area contributed by atoms with E-state index >= 15 is 0 Å². The van der Waals surface area contributed by atoms with Crippen molar-refractivity contribution in [1.82, 2.24) is 10.2 Å². The van der Waals surface area contributed by atoms with Crippen LogP contribution < -0.4 is 5.32 Å². The van der Waals surface area contributed by atoms with Crippen molar-refractivity contribution in [3.8, 4) is 0 Å². The molecule has 0 aromatic heterocycles. The van der Waals surface area contributed by atoms with Gasteiger partial charge in [-0.1, -0.05) is 6.92 Å². The lowest BCUT2D eigenvalue weighted by Crippen LogP contribution is -2.55. The van der Waals surface area contributed by atoms with Gasteiger partial charge in [-0.05, 0) is 13.0 Å². The molecule has 1 unspecified atom stereocenters. The molecule has 1 fully saturated rings. The number of nitrogens with zero attached hydrogens (tertiary/aromatic N) is 1. The Morgan fingerprint density at radius 3 is 3.00 bits per heavy atom. The maximum atomic E-state index is 11.1. The van der Waals surface area contributed by atoms with Crippen molar-refractivity contribution in [1.29, 1.82) is 0 Å². The van der Waals surface area contributed by atoms with Gasteiger partial charge in [0, 0.05) is 12.6 Å². The van der Waals surface area contributed by atoms with Crippen LogP contribution in [0.5, 0.6) is 0 Å². The van der Waals surface area contributed by atoms with Gasteiger partial charge in [-0.15, -0.1) is 0 Å². The average Bonchev–Trinajstić information content (AvgIpc) is 2.09. The first-order chi connectivity index (χ1) is 6.63. The van der Waals surface area contributed by atoms with Gasteiger partial charge in [0.1, 0.15) is 0 Å². The van der Waals surface area contributed by atoms with Crippen molar-refractivity contribution in [2.24, 2.45) is 0 Å². The third kappa shape index (κ3) is 2.99. The second kappa shape index (κ2) is 4.95. The number of aliphatic carboxylic acids is 1. The Balaban J connectivity index is 2.52. The summed E-state index contributed by atoms with van der Waals surface area (Å²) in [5.74, 6) is -0.827. The Labute approximate surface area is 83.1 Å². The molecule has 80 valence electrons. The molecule has 1 rings (SSSR count). The van der Waals surface area contributed by atoms with E-state index in [1.807, 2.05) is 11.8 Å². The largest absolute Gasteiger partial charge is 0.481 e. The lowest BCUT2D eigenvalue weighted by molar-refractivity contribution is -0.140. The summed E-state index contributed by atoms with van der Waals surface area (Å²) in [5, 5.41) is 11.4. The van der Waals surface area contributed by atoms with Gasteiger partial charge < -0.3 is 10.4 Å². The molecule has 1 amide bonds. The first-order valence-electron chi connectivity index (χ1n) is 4.86. The van der Waals surface area contributed by atoms with Gasteiger partial charge in [0.05, 0.1) is 13.0 Å². The molecule has 1 aliphatic heterocycles. The van der Waals surface area contributed by atoms with Crippen LogP contribution in [-0.4, -0.2) is 47.6 Å². The number of amides is 1. The van der Waals surface area contributed by atoms with Crippen LogP contribution in [0.4, 0.5) is 0 Å². The van der Waals surface area contributed by atoms with Gasteiger partial charge in [0.2, 0.25) is 5.91 Å². The van der Waals surface area contributed by atoms with Crippen LogP contribution in [0.15, 0.2) is 0 Å². The fraction of sp³-hybridized carbons (Fsp3) is 0.778. The van der Waals surface area contributed by atoms with Crippen molar-refractivity contribution in [2.75, 3.05) is 19.6 Å². The fourth-order valence-electron chi connectivity index (χ4n) is 1.68. The van der Waals surface area contributed by atoms with Gasteiger partial charge >= 0.3 is 5.97 Å². The molecule has 1 heterocycles. The topological polar surface area (TPSA) is 69.6 Å². The Kier molecular flexibility index (Phi) is 3.88. The summed E-state index contributed by atoms with van der Waals surface area (Å²) < 4.78 is 0. The van der Waals surface area contributed by atoms with Crippen LogP contribution in [0.3, 0.4) is 0 Å². The van der Waals surface area contributed by atoms with Gasteiger partial charge in [-0.3, -0.25) is 14.5 Å². The normalized spacial score (nSPS) is 23.2. The highest BCUT2D eigenvalue weighted by Crippen LogP contribution is 2.08. The summed E-state index contributed by atoms with van der Waals surface area (Å²) in [6.07, 6.45) is 1.03. The SMILES string of the molecule is CCCN1CC(=O)NCC1CC(=O)O. The summed E-state index contributed by atoms with van der Waals surface area (Å²) in [7, 11) is 0. The zero-order chi connectivity index (χ0) is 10.6. The zero-order valence-electron chi connectivity index (χ0n) is 8.32. The molecule has 0 spiro atoms. The number of hydrogen-bond donors (Lipinski definition) is 2. The zero-order valence-corrected chi connectivity index (χ0v) is 8.32. The van der Waals surface area contributed by atoms with Gasteiger partial charge in [0.15, 0.2) is 0 Å². The highest BCUT2D eigenvalue weighted by Gasteiger charge is 2.27. The Morgan fingerprint density at radius 2 is 2.43 bits per heavy atom. The Bertz CT molecular complexity index is 228. The van der Waals surface area contributed by atoms with E-state index in [4.69, 9.17) is 5.11 Å². The minimum atomic E-state index is -0.813. The highest BCUT2D eigenvalue weighted by atomic mass is 16.4. The monoisotopic (exact) mass is 200 g/mol. The quantitative estimate of drug-likeness (QED) is 0.652. The third-order valence-electron chi connectivity index (χ3n) is 2.32. The molecule has 5 heteroatoms. The third-order valence-corrected chi connectivity index (χ3v) is 2.32. The number of nitrogens with one attached hydrogen (secondary N) is 1. The maximum absolute atomic E-state index is 11.1. The van der Waals surface area contributed by atoms with Gasteiger partial charge in [-0.2, -0.15) is 0 Å². The molecule has 1 atom stereocenters. The van der Waals surface area contributed by atoms with Crippen LogP contribution in [0.1, 0.15) is 19.8 Å². The number of hydrogen-bond acceptors (Lipinski definition) is 3. The smallest absolute Gasteiger partial charge is 0.305 e. The minimum Gasteiger partial charge on any atom is -0.481 e. The molecular weight excluding hydrogens is 184 g/mol. The van der Waals surface area contributed by atoms with Crippen LogP contribution in [-0.2, 0) is 9.59 Å². The van der Waals surface area contributed by atoms with Gasteiger partial charge in [-0.25, -0.2) is 0 Å². The summed E-state index contributed by atoms with van der Waals surface area (Å²) in [6, 6.07) is -0.0508. The van der Waals surface area contributed by atoms with Crippen LogP contribution in [0.2, 0.25) is 0 Å². The van der Waals surface area contributed by atoms with Crippen LogP contribution in [0.25, 0.3) is 0 Å². The molecule has 0 radical (unpaired) electrons. The van der Waals surface area contributed by atoms with E-state index in [9.17, 15) is 9.59 Å². The van der Waals surface area contributed by atoms with Crippen LogP contribution >= 0.6 is 0 Å². The van der Waals surface area contributed by atoms with E-state index in [-0.39, 0.29) is 18.4 Å². The minimum absolute atomic E-state index is 0.0138. The maximum Gasteiger partial charge on any atom is 0.305 e. The summed E-state index contributed by atoms with van der Waals surface area (Å²) in [5.41, 5.74) is 0. The molecule has 1 saturated heterocycles. The number of rotatable bonds is 4. The van der Waals surface area contributed by atoms with E-state index in [0.717, 1.165) is 13.0 Å². The van der Waals surface area contributed by atoms with Crippen molar-refractivity contribution < 1.29 is 14.7 Å². The second-order valence-corrected chi connectivity index (χ2v) is 3.53. The summed E-state index contributed by atoms with van der Waals surface area (Å²) in [6.45, 7) is 3.58. The summed E-state index contributed by atoms with van der Waals surface area (Å²) >= 11 is 0. The fourth-order valence-corrected chi connectivity index (χ4v) is 1.68. The van der Waals surface area contributed by atoms with E-state index in [1.165, 1.54) is 0 Å². The first kappa shape index (κ1) is 11.0.